The zero-order chi connectivity index (χ0) is 13.5. The van der Waals surface area contributed by atoms with Crippen LogP contribution in [0.2, 0.25) is 0 Å². The van der Waals surface area contributed by atoms with E-state index in [0.29, 0.717) is 28.8 Å². The Bertz CT molecular complexity index is 480. The number of hydrogen-bond donors (Lipinski definition) is 0. The van der Waals surface area contributed by atoms with Crippen LogP contribution in [0.25, 0.3) is 0 Å². The van der Waals surface area contributed by atoms with Gasteiger partial charge in [-0.1, -0.05) is 15.9 Å². The van der Waals surface area contributed by atoms with Gasteiger partial charge in [0.1, 0.15) is 5.75 Å². The molecular weight excluding hydrogens is 298 g/mol. The summed E-state index contributed by atoms with van der Waals surface area (Å²) in [4.78, 5) is 11.4. The van der Waals surface area contributed by atoms with Gasteiger partial charge in [-0.05, 0) is 24.6 Å². The molecular formula is C13H14BrNO3. The Kier molecular flexibility index (Phi) is 5.66. The van der Waals surface area contributed by atoms with E-state index in [4.69, 9.17) is 14.7 Å². The minimum atomic E-state index is -0.310. The fraction of sp³-hybridized carbons (Fsp3) is 0.385. The number of hydrogen-bond acceptors (Lipinski definition) is 4. The molecule has 0 N–H and O–H groups in total. The zero-order valence-corrected chi connectivity index (χ0v) is 11.9. The number of esters is 1. The molecule has 0 heterocycles. The standard InChI is InChI=1S/C13H14BrNO3/c1-3-18-13(16)6-9-4-10(8-15)11(7-14)12(5-9)17-2/h4-5H,3,6-7H2,1-2H3. The summed E-state index contributed by atoms with van der Waals surface area (Å²) >= 11 is 3.32. The summed E-state index contributed by atoms with van der Waals surface area (Å²) in [5, 5.41) is 9.62. The van der Waals surface area contributed by atoms with Crippen LogP contribution in [-0.4, -0.2) is 19.7 Å². The fourth-order valence-corrected chi connectivity index (χ4v) is 2.18. The smallest absolute Gasteiger partial charge is 0.310 e. The number of nitrogens with zero attached hydrogens (tertiary/aromatic N) is 1. The molecule has 0 unspecified atom stereocenters. The van der Waals surface area contributed by atoms with Crippen molar-refractivity contribution in [1.29, 1.82) is 5.26 Å². The van der Waals surface area contributed by atoms with Crippen LogP contribution in [0, 0.1) is 11.3 Å². The van der Waals surface area contributed by atoms with E-state index in [0.717, 1.165) is 5.56 Å². The number of ether oxygens (including phenoxy) is 2. The van der Waals surface area contributed by atoms with Crippen molar-refractivity contribution in [3.8, 4) is 11.8 Å². The van der Waals surface area contributed by atoms with Gasteiger partial charge < -0.3 is 9.47 Å². The van der Waals surface area contributed by atoms with Crippen LogP contribution in [0.4, 0.5) is 0 Å². The molecule has 18 heavy (non-hydrogen) atoms. The average molecular weight is 312 g/mol. The molecule has 5 heteroatoms. The summed E-state index contributed by atoms with van der Waals surface area (Å²) in [5.41, 5.74) is 2.00. The predicted molar refractivity (Wildman–Crippen MR) is 70.7 cm³/mol. The van der Waals surface area contributed by atoms with E-state index in [-0.39, 0.29) is 12.4 Å². The van der Waals surface area contributed by atoms with E-state index in [1.54, 1.807) is 19.1 Å². The van der Waals surface area contributed by atoms with Gasteiger partial charge in [0.2, 0.25) is 0 Å². The molecule has 0 aliphatic heterocycles. The Hall–Kier alpha value is -1.54. The van der Waals surface area contributed by atoms with Gasteiger partial charge in [0.05, 0.1) is 31.8 Å². The van der Waals surface area contributed by atoms with Crippen LogP contribution in [0.15, 0.2) is 12.1 Å². The SMILES string of the molecule is CCOC(=O)Cc1cc(C#N)c(CBr)c(OC)c1. The number of alkyl halides is 1. The van der Waals surface area contributed by atoms with E-state index in [9.17, 15) is 4.79 Å². The Balaban J connectivity index is 3.08. The van der Waals surface area contributed by atoms with Crippen molar-refractivity contribution < 1.29 is 14.3 Å². The number of methoxy groups -OCH3 is 1. The summed E-state index contributed by atoms with van der Waals surface area (Å²) in [6.45, 7) is 2.10. The molecule has 4 nitrogen and oxygen atoms in total. The summed E-state index contributed by atoms with van der Waals surface area (Å²) in [6, 6.07) is 5.55. The molecule has 0 aliphatic carbocycles. The highest BCUT2D eigenvalue weighted by molar-refractivity contribution is 9.08. The summed E-state index contributed by atoms with van der Waals surface area (Å²) in [5.74, 6) is 0.292. The molecule has 96 valence electrons. The van der Waals surface area contributed by atoms with Crippen LogP contribution in [-0.2, 0) is 21.3 Å². The van der Waals surface area contributed by atoms with Gasteiger partial charge in [-0.15, -0.1) is 0 Å². The van der Waals surface area contributed by atoms with Crippen LogP contribution >= 0.6 is 15.9 Å². The van der Waals surface area contributed by atoms with Crippen LogP contribution < -0.4 is 4.74 Å². The lowest BCUT2D eigenvalue weighted by Crippen LogP contribution is -2.08. The maximum Gasteiger partial charge on any atom is 0.310 e. The van der Waals surface area contributed by atoms with E-state index in [2.05, 4.69) is 22.0 Å². The minimum Gasteiger partial charge on any atom is -0.496 e. The lowest BCUT2D eigenvalue weighted by molar-refractivity contribution is -0.142. The third kappa shape index (κ3) is 3.47. The molecule has 1 rings (SSSR count). The first kappa shape index (κ1) is 14.5. The second kappa shape index (κ2) is 7.02. The Labute approximate surface area is 115 Å². The summed E-state index contributed by atoms with van der Waals surface area (Å²) in [7, 11) is 1.54. The monoisotopic (exact) mass is 311 g/mol. The van der Waals surface area contributed by atoms with E-state index < -0.39 is 0 Å². The van der Waals surface area contributed by atoms with Crippen molar-refractivity contribution in [1.82, 2.24) is 0 Å². The highest BCUT2D eigenvalue weighted by atomic mass is 79.9. The molecule has 0 bridgehead atoms. The average Bonchev–Trinajstić information content (AvgIpc) is 2.37. The third-order valence-electron chi connectivity index (χ3n) is 2.40. The van der Waals surface area contributed by atoms with E-state index in [1.807, 2.05) is 0 Å². The van der Waals surface area contributed by atoms with Crippen molar-refractivity contribution in [2.24, 2.45) is 0 Å². The highest BCUT2D eigenvalue weighted by Gasteiger charge is 2.13. The fourth-order valence-electron chi connectivity index (χ4n) is 1.60. The van der Waals surface area contributed by atoms with Gasteiger partial charge in [-0.25, -0.2) is 0 Å². The number of nitriles is 1. The second-order valence-corrected chi connectivity index (χ2v) is 4.11. The molecule has 1 aromatic carbocycles. The van der Waals surface area contributed by atoms with Crippen molar-refractivity contribution in [3.05, 3.63) is 28.8 Å². The van der Waals surface area contributed by atoms with Gasteiger partial charge in [-0.2, -0.15) is 5.26 Å². The van der Waals surface area contributed by atoms with Gasteiger partial charge in [0, 0.05) is 10.9 Å². The van der Waals surface area contributed by atoms with E-state index in [1.165, 1.54) is 7.11 Å². The first-order valence-corrected chi connectivity index (χ1v) is 6.59. The Morgan fingerprint density at radius 3 is 2.72 bits per heavy atom. The van der Waals surface area contributed by atoms with E-state index >= 15 is 0 Å². The number of halogens is 1. The number of carbonyl (C=O) groups is 1. The Morgan fingerprint density at radius 2 is 2.22 bits per heavy atom. The molecule has 1 aromatic rings. The quantitative estimate of drug-likeness (QED) is 0.619. The second-order valence-electron chi connectivity index (χ2n) is 3.55. The third-order valence-corrected chi connectivity index (χ3v) is 2.96. The van der Waals surface area contributed by atoms with Gasteiger partial charge in [0.25, 0.3) is 0 Å². The number of rotatable bonds is 5. The van der Waals surface area contributed by atoms with Gasteiger partial charge in [-0.3, -0.25) is 4.79 Å². The highest BCUT2D eigenvalue weighted by Crippen LogP contribution is 2.27. The molecule has 0 aliphatic rings. The van der Waals surface area contributed by atoms with Crippen LogP contribution in [0.5, 0.6) is 5.75 Å². The normalized spacial score (nSPS) is 9.67. The number of carbonyl (C=O) groups excluding carboxylic acids is 1. The van der Waals surface area contributed by atoms with Crippen molar-refractivity contribution in [3.63, 3.8) is 0 Å². The maximum atomic E-state index is 11.4. The number of benzene rings is 1. The predicted octanol–water partition coefficient (Wildman–Crippen LogP) is 2.57. The van der Waals surface area contributed by atoms with Crippen molar-refractivity contribution in [2.45, 2.75) is 18.7 Å². The molecule has 0 saturated heterocycles. The molecule has 0 fully saturated rings. The molecule has 0 amide bonds. The van der Waals surface area contributed by atoms with Crippen molar-refractivity contribution in [2.75, 3.05) is 13.7 Å². The Morgan fingerprint density at radius 1 is 1.50 bits per heavy atom. The lowest BCUT2D eigenvalue weighted by atomic mass is 10.0. The lowest BCUT2D eigenvalue weighted by Gasteiger charge is -2.10. The molecule has 0 aromatic heterocycles. The van der Waals surface area contributed by atoms with Gasteiger partial charge in [0.15, 0.2) is 0 Å². The summed E-state index contributed by atoms with van der Waals surface area (Å²) in [6.07, 6.45) is 0.140. The zero-order valence-electron chi connectivity index (χ0n) is 10.3. The summed E-state index contributed by atoms with van der Waals surface area (Å²) < 4.78 is 10.1. The first-order chi connectivity index (χ1) is 8.65. The molecule has 0 radical (unpaired) electrons. The van der Waals surface area contributed by atoms with Crippen LogP contribution in [0.1, 0.15) is 23.6 Å². The maximum absolute atomic E-state index is 11.4. The largest absolute Gasteiger partial charge is 0.496 e. The van der Waals surface area contributed by atoms with Crippen molar-refractivity contribution >= 4 is 21.9 Å². The molecule has 0 spiro atoms. The topological polar surface area (TPSA) is 59.3 Å². The molecule has 0 atom stereocenters. The van der Waals surface area contributed by atoms with Crippen LogP contribution in [0.3, 0.4) is 0 Å². The van der Waals surface area contributed by atoms with Gasteiger partial charge >= 0.3 is 5.97 Å². The first-order valence-electron chi connectivity index (χ1n) is 5.47. The minimum absolute atomic E-state index is 0.140. The molecule has 0 saturated carbocycles.